The van der Waals surface area contributed by atoms with Crippen molar-refractivity contribution < 1.29 is 14.3 Å². The van der Waals surface area contributed by atoms with Gasteiger partial charge in [-0.3, -0.25) is 4.79 Å². The first-order chi connectivity index (χ1) is 13.5. The average Bonchev–Trinajstić information content (AvgIpc) is 3.23. The Hall–Kier alpha value is -2.29. The summed E-state index contributed by atoms with van der Waals surface area (Å²) in [5.74, 6) is -0.615. The van der Waals surface area contributed by atoms with Gasteiger partial charge in [-0.05, 0) is 12.5 Å². The fraction of sp³-hybridized carbons (Fsp3) is 0.211. The molecule has 0 fully saturated rings. The highest BCUT2D eigenvalue weighted by Crippen LogP contribution is 2.44. The van der Waals surface area contributed by atoms with Crippen LogP contribution in [0.2, 0.25) is 4.34 Å². The van der Waals surface area contributed by atoms with E-state index in [0.29, 0.717) is 14.9 Å². The van der Waals surface area contributed by atoms with Gasteiger partial charge in [0.05, 0.1) is 12.4 Å². The molecule has 0 saturated carbocycles. The van der Waals surface area contributed by atoms with E-state index in [2.05, 4.69) is 10.3 Å². The number of thiophene rings is 1. The predicted octanol–water partition coefficient (Wildman–Crippen LogP) is 4.71. The van der Waals surface area contributed by atoms with Crippen LogP contribution in [-0.4, -0.2) is 33.8 Å². The Labute approximate surface area is 175 Å². The molecule has 3 aromatic rings. The van der Waals surface area contributed by atoms with Crippen LogP contribution in [0.15, 0.2) is 47.9 Å². The zero-order valence-electron chi connectivity index (χ0n) is 15.3. The van der Waals surface area contributed by atoms with Crippen molar-refractivity contribution in [2.75, 3.05) is 17.7 Å². The topological polar surface area (TPSA) is 73.2 Å². The Morgan fingerprint density at radius 3 is 2.71 bits per heavy atom. The number of carbonyl (C=O) groups is 2. The zero-order chi connectivity index (χ0) is 20.1. The third-order valence-electron chi connectivity index (χ3n) is 3.77. The number of hydrogen-bond donors (Lipinski definition) is 1. The third-order valence-corrected chi connectivity index (χ3v) is 6.14. The third kappa shape index (κ3) is 4.57. The Kier molecular flexibility index (Phi) is 6.77. The van der Waals surface area contributed by atoms with E-state index in [4.69, 9.17) is 16.3 Å². The second-order valence-corrected chi connectivity index (χ2v) is 8.26. The van der Waals surface area contributed by atoms with E-state index in [9.17, 15) is 9.59 Å². The maximum atomic E-state index is 12.6. The molecule has 9 heteroatoms. The van der Waals surface area contributed by atoms with Crippen molar-refractivity contribution in [3.8, 4) is 11.1 Å². The summed E-state index contributed by atoms with van der Waals surface area (Å²) in [7, 11) is 1.86. The number of rotatable bonds is 7. The van der Waals surface area contributed by atoms with E-state index in [-0.39, 0.29) is 23.8 Å². The number of halogens is 1. The molecule has 1 amide bonds. The molecule has 0 bridgehead atoms. The highest BCUT2D eigenvalue weighted by Gasteiger charge is 2.26. The van der Waals surface area contributed by atoms with Crippen molar-refractivity contribution in [3.05, 3.63) is 52.6 Å². The van der Waals surface area contributed by atoms with Crippen LogP contribution in [0.1, 0.15) is 17.3 Å². The number of aromatic nitrogens is 2. The zero-order valence-corrected chi connectivity index (χ0v) is 17.7. The van der Waals surface area contributed by atoms with Crippen LogP contribution in [0.25, 0.3) is 11.1 Å². The van der Waals surface area contributed by atoms with Crippen molar-refractivity contribution in [2.24, 2.45) is 7.05 Å². The molecule has 0 unspecified atom stereocenters. The first-order valence-corrected chi connectivity index (χ1v) is 10.6. The maximum Gasteiger partial charge on any atom is 0.341 e. The predicted molar refractivity (Wildman–Crippen MR) is 113 cm³/mol. The van der Waals surface area contributed by atoms with Crippen LogP contribution in [0.5, 0.6) is 0 Å². The number of nitrogens with zero attached hydrogens (tertiary/aromatic N) is 2. The highest BCUT2D eigenvalue weighted by atomic mass is 35.5. The van der Waals surface area contributed by atoms with Crippen molar-refractivity contribution >= 4 is 51.6 Å². The van der Waals surface area contributed by atoms with Gasteiger partial charge in [-0.2, -0.15) is 0 Å². The number of hydrogen-bond acceptors (Lipinski definition) is 6. The smallest absolute Gasteiger partial charge is 0.341 e. The summed E-state index contributed by atoms with van der Waals surface area (Å²) < 4.78 is 7.45. The highest BCUT2D eigenvalue weighted by molar-refractivity contribution is 7.99. The number of aryl methyl sites for hydroxylation is 1. The van der Waals surface area contributed by atoms with Gasteiger partial charge in [0.15, 0.2) is 5.16 Å². The van der Waals surface area contributed by atoms with Crippen LogP contribution in [0.4, 0.5) is 5.00 Å². The van der Waals surface area contributed by atoms with Crippen molar-refractivity contribution in [1.29, 1.82) is 0 Å². The van der Waals surface area contributed by atoms with Crippen molar-refractivity contribution in [3.63, 3.8) is 0 Å². The first kappa shape index (κ1) is 20.4. The van der Waals surface area contributed by atoms with Gasteiger partial charge >= 0.3 is 5.97 Å². The van der Waals surface area contributed by atoms with Gasteiger partial charge in [0.1, 0.15) is 14.9 Å². The number of carbonyl (C=O) groups excluding carboxylic acids is 2. The molecular weight excluding hydrogens is 418 g/mol. The molecule has 0 saturated heterocycles. The number of amides is 1. The molecule has 0 radical (unpaired) electrons. The van der Waals surface area contributed by atoms with Gasteiger partial charge < -0.3 is 14.6 Å². The van der Waals surface area contributed by atoms with Crippen LogP contribution < -0.4 is 5.32 Å². The number of anilines is 1. The van der Waals surface area contributed by atoms with Crippen molar-refractivity contribution in [2.45, 2.75) is 12.1 Å². The number of thioether (sulfide) groups is 1. The lowest BCUT2D eigenvalue weighted by Gasteiger charge is -2.09. The number of ether oxygens (including phenoxy) is 1. The lowest BCUT2D eigenvalue weighted by Crippen LogP contribution is -2.16. The first-order valence-electron chi connectivity index (χ1n) is 8.46. The van der Waals surface area contributed by atoms with Gasteiger partial charge in [-0.25, -0.2) is 9.78 Å². The molecular formula is C19H18ClN3O3S2. The Balaban J connectivity index is 1.86. The van der Waals surface area contributed by atoms with E-state index in [0.717, 1.165) is 22.1 Å². The molecule has 0 atom stereocenters. The maximum absolute atomic E-state index is 12.6. The average molecular weight is 436 g/mol. The number of esters is 1. The summed E-state index contributed by atoms with van der Waals surface area (Å²) in [6, 6.07) is 9.32. The van der Waals surface area contributed by atoms with Crippen molar-refractivity contribution in [1.82, 2.24) is 9.55 Å². The lowest BCUT2D eigenvalue weighted by molar-refractivity contribution is -0.113. The Morgan fingerprint density at radius 1 is 1.32 bits per heavy atom. The van der Waals surface area contributed by atoms with E-state index < -0.39 is 5.97 Å². The monoisotopic (exact) mass is 435 g/mol. The van der Waals surface area contributed by atoms with Crippen LogP contribution in [0, 0.1) is 0 Å². The molecule has 146 valence electrons. The fourth-order valence-corrected chi connectivity index (χ4v) is 4.66. The minimum absolute atomic E-state index is 0.156. The Morgan fingerprint density at radius 2 is 2.07 bits per heavy atom. The molecule has 1 N–H and O–H groups in total. The molecule has 6 nitrogen and oxygen atoms in total. The van der Waals surface area contributed by atoms with Gasteiger partial charge in [-0.15, -0.1) is 11.3 Å². The van der Waals surface area contributed by atoms with Crippen LogP contribution in [0.3, 0.4) is 0 Å². The Bertz CT molecular complexity index is 986. The summed E-state index contributed by atoms with van der Waals surface area (Å²) in [4.78, 5) is 29.2. The number of benzene rings is 1. The quantitative estimate of drug-likeness (QED) is 0.429. The minimum atomic E-state index is -0.517. The SMILES string of the molecule is CCOC(=O)c1c(NC(=O)CSc2nccn2C)sc(Cl)c1-c1ccccc1. The van der Waals surface area contributed by atoms with E-state index in [1.165, 1.54) is 11.8 Å². The molecule has 0 aliphatic rings. The van der Waals surface area contributed by atoms with E-state index in [1.54, 1.807) is 13.1 Å². The molecule has 3 rings (SSSR count). The molecule has 2 heterocycles. The normalized spacial score (nSPS) is 10.7. The molecule has 2 aromatic heterocycles. The summed E-state index contributed by atoms with van der Waals surface area (Å²) >= 11 is 8.89. The fourth-order valence-electron chi connectivity index (χ4n) is 2.54. The van der Waals surface area contributed by atoms with Gasteiger partial charge in [0.25, 0.3) is 0 Å². The minimum Gasteiger partial charge on any atom is -0.462 e. The summed E-state index contributed by atoms with van der Waals surface area (Å²) in [6.07, 6.45) is 3.48. The summed E-state index contributed by atoms with van der Waals surface area (Å²) in [5, 5.41) is 3.91. The number of imidazole rings is 1. The van der Waals surface area contributed by atoms with Gasteiger partial charge in [0.2, 0.25) is 5.91 Å². The van der Waals surface area contributed by atoms with Crippen LogP contribution >= 0.6 is 34.7 Å². The molecule has 0 aliphatic carbocycles. The molecule has 0 aliphatic heterocycles. The molecule has 28 heavy (non-hydrogen) atoms. The second kappa shape index (κ2) is 9.27. The standard InChI is InChI=1S/C19H18ClN3O3S2/c1-3-26-18(25)15-14(12-7-5-4-6-8-12)16(20)28-17(15)22-13(24)11-27-19-21-9-10-23(19)2/h4-10H,3,11H2,1-2H3,(H,22,24). The van der Waals surface area contributed by atoms with Crippen LogP contribution in [-0.2, 0) is 16.6 Å². The molecule has 1 aromatic carbocycles. The summed E-state index contributed by atoms with van der Waals surface area (Å²) in [6.45, 7) is 1.96. The lowest BCUT2D eigenvalue weighted by atomic mass is 10.0. The van der Waals surface area contributed by atoms with E-state index >= 15 is 0 Å². The summed E-state index contributed by atoms with van der Waals surface area (Å²) in [5.41, 5.74) is 1.63. The number of nitrogens with one attached hydrogen (secondary N) is 1. The van der Waals surface area contributed by atoms with Gasteiger partial charge in [-0.1, -0.05) is 53.7 Å². The van der Waals surface area contributed by atoms with Gasteiger partial charge in [0, 0.05) is 25.0 Å². The molecule has 0 spiro atoms. The van der Waals surface area contributed by atoms with E-state index in [1.807, 2.05) is 48.1 Å². The second-order valence-electron chi connectivity index (χ2n) is 5.70. The largest absolute Gasteiger partial charge is 0.462 e.